The van der Waals surface area contributed by atoms with E-state index >= 15 is 0 Å². The number of carbonyl (C=O) groups excluding carboxylic acids is 1. The number of Topliss-reactive ketones (excluding diaryl/α,β-unsaturated/α-hetero) is 1. The topological polar surface area (TPSA) is 20.3 Å². The molecule has 2 saturated heterocycles. The fourth-order valence-corrected chi connectivity index (χ4v) is 2.05. The van der Waals surface area contributed by atoms with Gasteiger partial charge in [-0.1, -0.05) is 6.42 Å². The molecular formula is C8H13NO. The van der Waals surface area contributed by atoms with Crippen LogP contribution >= 0.6 is 0 Å². The maximum Gasteiger partial charge on any atom is 0.148 e. The van der Waals surface area contributed by atoms with Crippen molar-refractivity contribution < 1.29 is 4.79 Å². The van der Waals surface area contributed by atoms with Crippen LogP contribution in [0.1, 0.15) is 25.7 Å². The Balaban J connectivity index is 2.04. The first-order valence-electron chi connectivity index (χ1n) is 4.12. The van der Waals surface area contributed by atoms with Crippen molar-refractivity contribution in [2.75, 3.05) is 13.1 Å². The molecule has 0 aromatic heterocycles. The zero-order chi connectivity index (χ0) is 6.97. The fraction of sp³-hybridized carbons (Fsp3) is 0.875. The standard InChI is InChI=1S/C8H13NO/c10-8-5-7-3-1-2-4-9(7)6-8/h7H,1-6H2/t7-/m1/s1. The Morgan fingerprint density at radius 3 is 3.10 bits per heavy atom. The predicted octanol–water partition coefficient (Wildman–Crippen LogP) is 0.814. The molecule has 0 unspecified atom stereocenters. The Morgan fingerprint density at radius 2 is 2.30 bits per heavy atom. The second kappa shape index (κ2) is 2.35. The zero-order valence-corrected chi connectivity index (χ0v) is 6.18. The van der Waals surface area contributed by atoms with Gasteiger partial charge < -0.3 is 0 Å². The van der Waals surface area contributed by atoms with Crippen molar-refractivity contribution >= 4 is 5.78 Å². The second-order valence-electron chi connectivity index (χ2n) is 3.36. The number of carbonyl (C=O) groups is 1. The lowest BCUT2D eigenvalue weighted by Crippen LogP contribution is -2.34. The van der Waals surface area contributed by atoms with Crippen LogP contribution in [-0.4, -0.2) is 29.8 Å². The third-order valence-electron chi connectivity index (χ3n) is 2.59. The number of nitrogens with zero attached hydrogens (tertiary/aromatic N) is 1. The molecule has 2 rings (SSSR count). The summed E-state index contributed by atoms with van der Waals surface area (Å²) in [5, 5.41) is 0. The minimum Gasteiger partial charge on any atom is -0.298 e. The molecule has 0 spiro atoms. The van der Waals surface area contributed by atoms with E-state index in [1.807, 2.05) is 0 Å². The van der Waals surface area contributed by atoms with Crippen LogP contribution in [0.25, 0.3) is 0 Å². The average molecular weight is 139 g/mol. The van der Waals surface area contributed by atoms with Crippen LogP contribution in [0.4, 0.5) is 0 Å². The van der Waals surface area contributed by atoms with E-state index in [2.05, 4.69) is 4.90 Å². The summed E-state index contributed by atoms with van der Waals surface area (Å²) in [5.41, 5.74) is 0. The van der Waals surface area contributed by atoms with Crippen molar-refractivity contribution in [1.82, 2.24) is 4.90 Å². The molecule has 0 radical (unpaired) electrons. The lowest BCUT2D eigenvalue weighted by molar-refractivity contribution is -0.116. The summed E-state index contributed by atoms with van der Waals surface area (Å²) in [6, 6.07) is 0.626. The van der Waals surface area contributed by atoms with Gasteiger partial charge in [-0.25, -0.2) is 0 Å². The van der Waals surface area contributed by atoms with Gasteiger partial charge in [0.05, 0.1) is 6.54 Å². The van der Waals surface area contributed by atoms with E-state index in [9.17, 15) is 4.79 Å². The zero-order valence-electron chi connectivity index (χ0n) is 6.18. The van der Waals surface area contributed by atoms with E-state index in [-0.39, 0.29) is 0 Å². The van der Waals surface area contributed by atoms with Crippen LogP contribution in [0.15, 0.2) is 0 Å². The first kappa shape index (κ1) is 6.35. The Kier molecular flexibility index (Phi) is 1.49. The van der Waals surface area contributed by atoms with Crippen molar-refractivity contribution in [2.45, 2.75) is 31.7 Å². The highest BCUT2D eigenvalue weighted by atomic mass is 16.1. The van der Waals surface area contributed by atoms with E-state index in [1.165, 1.54) is 19.3 Å². The van der Waals surface area contributed by atoms with Crippen LogP contribution < -0.4 is 0 Å². The summed E-state index contributed by atoms with van der Waals surface area (Å²) in [6.07, 6.45) is 4.71. The SMILES string of the molecule is O=C1C[C@H]2CCCCN2C1. The molecule has 0 aliphatic carbocycles. The molecule has 10 heavy (non-hydrogen) atoms. The lowest BCUT2D eigenvalue weighted by Gasteiger charge is -2.27. The van der Waals surface area contributed by atoms with Crippen LogP contribution in [0.5, 0.6) is 0 Å². The van der Waals surface area contributed by atoms with Crippen molar-refractivity contribution in [2.24, 2.45) is 0 Å². The molecule has 2 heterocycles. The number of piperidine rings is 1. The molecule has 2 fully saturated rings. The predicted molar refractivity (Wildman–Crippen MR) is 38.8 cm³/mol. The molecule has 0 N–H and O–H groups in total. The van der Waals surface area contributed by atoms with Gasteiger partial charge in [-0.3, -0.25) is 9.69 Å². The molecule has 0 aromatic carbocycles. The monoisotopic (exact) mass is 139 g/mol. The van der Waals surface area contributed by atoms with Gasteiger partial charge in [-0.05, 0) is 19.4 Å². The largest absolute Gasteiger partial charge is 0.298 e. The van der Waals surface area contributed by atoms with Gasteiger partial charge in [0, 0.05) is 12.5 Å². The van der Waals surface area contributed by atoms with Crippen LogP contribution in [0, 0.1) is 0 Å². The Labute approximate surface area is 61.2 Å². The summed E-state index contributed by atoms with van der Waals surface area (Å²) in [7, 11) is 0. The van der Waals surface area contributed by atoms with E-state index in [0.717, 1.165) is 19.5 Å². The molecule has 1 atom stereocenters. The average Bonchev–Trinajstić information content (AvgIpc) is 2.27. The van der Waals surface area contributed by atoms with E-state index in [0.29, 0.717) is 11.8 Å². The van der Waals surface area contributed by atoms with E-state index < -0.39 is 0 Å². The number of rotatable bonds is 0. The summed E-state index contributed by atoms with van der Waals surface area (Å²) < 4.78 is 0. The molecule has 0 amide bonds. The van der Waals surface area contributed by atoms with Crippen LogP contribution in [-0.2, 0) is 4.79 Å². The molecule has 2 aliphatic rings. The minimum absolute atomic E-state index is 0.451. The van der Waals surface area contributed by atoms with Crippen molar-refractivity contribution in [3.05, 3.63) is 0 Å². The molecule has 2 nitrogen and oxygen atoms in total. The number of ketones is 1. The first-order chi connectivity index (χ1) is 4.86. The highest BCUT2D eigenvalue weighted by Crippen LogP contribution is 2.24. The normalized spacial score (nSPS) is 34.4. The number of hydrogen-bond acceptors (Lipinski definition) is 2. The molecule has 0 saturated carbocycles. The van der Waals surface area contributed by atoms with Gasteiger partial charge in [-0.15, -0.1) is 0 Å². The van der Waals surface area contributed by atoms with Gasteiger partial charge >= 0.3 is 0 Å². The molecule has 2 heteroatoms. The summed E-state index contributed by atoms with van der Waals surface area (Å²) in [6.45, 7) is 1.90. The maximum absolute atomic E-state index is 11.0. The van der Waals surface area contributed by atoms with Crippen LogP contribution in [0.3, 0.4) is 0 Å². The highest BCUT2D eigenvalue weighted by Gasteiger charge is 2.31. The van der Waals surface area contributed by atoms with Gasteiger partial charge in [0.1, 0.15) is 5.78 Å². The quantitative estimate of drug-likeness (QED) is 0.495. The van der Waals surface area contributed by atoms with Gasteiger partial charge in [0.2, 0.25) is 0 Å². The smallest absolute Gasteiger partial charge is 0.148 e. The van der Waals surface area contributed by atoms with Crippen molar-refractivity contribution in [1.29, 1.82) is 0 Å². The van der Waals surface area contributed by atoms with Crippen molar-refractivity contribution in [3.8, 4) is 0 Å². The highest BCUT2D eigenvalue weighted by molar-refractivity contribution is 5.83. The first-order valence-corrected chi connectivity index (χ1v) is 4.12. The fourth-order valence-electron chi connectivity index (χ4n) is 2.05. The summed E-state index contributed by atoms with van der Waals surface area (Å²) in [5.74, 6) is 0.451. The molecule has 0 aromatic rings. The van der Waals surface area contributed by atoms with Gasteiger partial charge in [-0.2, -0.15) is 0 Å². The molecule has 56 valence electrons. The maximum atomic E-state index is 11.0. The second-order valence-corrected chi connectivity index (χ2v) is 3.36. The Morgan fingerprint density at radius 1 is 1.40 bits per heavy atom. The van der Waals surface area contributed by atoms with Crippen LogP contribution in [0.2, 0.25) is 0 Å². The van der Waals surface area contributed by atoms with Gasteiger partial charge in [0.15, 0.2) is 0 Å². The van der Waals surface area contributed by atoms with E-state index in [4.69, 9.17) is 0 Å². The summed E-state index contributed by atoms with van der Waals surface area (Å²) in [4.78, 5) is 13.3. The lowest BCUT2D eigenvalue weighted by atomic mass is 10.0. The Bertz CT molecular complexity index is 139. The number of fused-ring (bicyclic) bond motifs is 1. The van der Waals surface area contributed by atoms with E-state index in [1.54, 1.807) is 0 Å². The Hall–Kier alpha value is -0.370. The van der Waals surface area contributed by atoms with Crippen molar-refractivity contribution in [3.63, 3.8) is 0 Å². The summed E-state index contributed by atoms with van der Waals surface area (Å²) >= 11 is 0. The minimum atomic E-state index is 0.451. The molecule has 2 aliphatic heterocycles. The molecular weight excluding hydrogens is 126 g/mol. The third kappa shape index (κ3) is 0.966. The number of hydrogen-bond donors (Lipinski definition) is 0. The van der Waals surface area contributed by atoms with Gasteiger partial charge in [0.25, 0.3) is 0 Å². The molecule has 0 bridgehead atoms. The third-order valence-corrected chi connectivity index (χ3v) is 2.59.